The summed E-state index contributed by atoms with van der Waals surface area (Å²) < 4.78 is 31.0. The molecule has 0 radical (unpaired) electrons. The number of aliphatic hydroxyl groups excluding tert-OH is 1. The minimum Gasteiger partial charge on any atom is -0.748 e. The fraction of sp³-hybridized carbons (Fsp3) is 1.00. The molecule has 1 fully saturated rings. The first-order valence-electron chi connectivity index (χ1n) is 5.32. The SMILES string of the molecule is O=S(=O)([O-])CC(O)CNC1CCCCC1. The Kier molecular flexibility index (Phi) is 4.98. The predicted octanol–water partition coefficient (Wildman–Crippen LogP) is -0.185. The summed E-state index contributed by atoms with van der Waals surface area (Å²) in [6.45, 7) is 0.187. The normalized spacial score (nSPS) is 21.5. The van der Waals surface area contributed by atoms with Crippen LogP contribution in [0.15, 0.2) is 0 Å². The van der Waals surface area contributed by atoms with Crippen molar-refractivity contribution < 1.29 is 18.1 Å². The van der Waals surface area contributed by atoms with Gasteiger partial charge in [0.25, 0.3) is 0 Å². The molecule has 0 amide bonds. The summed E-state index contributed by atoms with van der Waals surface area (Å²) in [5.41, 5.74) is 0. The van der Waals surface area contributed by atoms with Crippen molar-refractivity contribution in [3.8, 4) is 0 Å². The predicted molar refractivity (Wildman–Crippen MR) is 55.4 cm³/mol. The van der Waals surface area contributed by atoms with Crippen molar-refractivity contribution in [1.29, 1.82) is 0 Å². The van der Waals surface area contributed by atoms with E-state index in [9.17, 15) is 18.1 Å². The third-order valence-electron chi connectivity index (χ3n) is 2.64. The second kappa shape index (κ2) is 5.79. The molecule has 0 aromatic rings. The topological polar surface area (TPSA) is 89.5 Å². The largest absolute Gasteiger partial charge is 0.748 e. The first-order chi connectivity index (χ1) is 6.97. The van der Waals surface area contributed by atoms with Crippen molar-refractivity contribution in [2.75, 3.05) is 12.3 Å². The van der Waals surface area contributed by atoms with E-state index in [4.69, 9.17) is 0 Å². The molecular formula is C9H18NO4S-. The molecule has 0 aromatic carbocycles. The van der Waals surface area contributed by atoms with Gasteiger partial charge in [-0.2, -0.15) is 0 Å². The van der Waals surface area contributed by atoms with E-state index in [1.165, 1.54) is 19.3 Å². The van der Waals surface area contributed by atoms with Crippen LogP contribution in [0.4, 0.5) is 0 Å². The van der Waals surface area contributed by atoms with Crippen molar-refractivity contribution in [1.82, 2.24) is 5.32 Å². The average Bonchev–Trinajstić information content (AvgIpc) is 2.14. The number of aliphatic hydroxyl groups is 1. The van der Waals surface area contributed by atoms with Crippen molar-refractivity contribution in [3.63, 3.8) is 0 Å². The second-order valence-corrected chi connectivity index (χ2v) is 5.57. The summed E-state index contributed by atoms with van der Waals surface area (Å²) in [5, 5.41) is 12.4. The van der Waals surface area contributed by atoms with Crippen LogP contribution in [0.25, 0.3) is 0 Å². The van der Waals surface area contributed by atoms with Crippen LogP contribution in [0.3, 0.4) is 0 Å². The molecule has 0 spiro atoms. The highest BCUT2D eigenvalue weighted by atomic mass is 32.2. The number of hydrogen-bond donors (Lipinski definition) is 2. The van der Waals surface area contributed by atoms with Gasteiger partial charge >= 0.3 is 0 Å². The van der Waals surface area contributed by atoms with Gasteiger partial charge in [0, 0.05) is 12.6 Å². The molecule has 90 valence electrons. The maximum Gasteiger partial charge on any atom is 0.0972 e. The highest BCUT2D eigenvalue weighted by Gasteiger charge is 2.15. The molecule has 2 N–H and O–H groups in total. The Balaban J connectivity index is 2.18. The van der Waals surface area contributed by atoms with Crippen LogP contribution >= 0.6 is 0 Å². The smallest absolute Gasteiger partial charge is 0.0972 e. The average molecular weight is 236 g/mol. The zero-order valence-electron chi connectivity index (χ0n) is 8.68. The minimum absolute atomic E-state index is 0.187. The zero-order chi connectivity index (χ0) is 11.3. The van der Waals surface area contributed by atoms with Crippen LogP contribution in [0.2, 0.25) is 0 Å². The lowest BCUT2D eigenvalue weighted by atomic mass is 9.95. The van der Waals surface area contributed by atoms with E-state index >= 15 is 0 Å². The molecule has 6 heteroatoms. The first-order valence-corrected chi connectivity index (χ1v) is 6.90. The molecule has 15 heavy (non-hydrogen) atoms. The van der Waals surface area contributed by atoms with E-state index in [1.807, 2.05) is 0 Å². The molecule has 0 bridgehead atoms. The van der Waals surface area contributed by atoms with Gasteiger partial charge in [-0.15, -0.1) is 0 Å². The van der Waals surface area contributed by atoms with Gasteiger partial charge in [-0.3, -0.25) is 0 Å². The van der Waals surface area contributed by atoms with Crippen LogP contribution in [-0.2, 0) is 10.1 Å². The third-order valence-corrected chi connectivity index (χ3v) is 3.44. The van der Waals surface area contributed by atoms with Gasteiger partial charge in [0.05, 0.1) is 22.0 Å². The van der Waals surface area contributed by atoms with Crippen LogP contribution in [0.1, 0.15) is 32.1 Å². The maximum absolute atomic E-state index is 10.3. The monoisotopic (exact) mass is 236 g/mol. The molecule has 0 heterocycles. The molecule has 1 aliphatic carbocycles. The van der Waals surface area contributed by atoms with Gasteiger partial charge in [0.1, 0.15) is 0 Å². The Labute approximate surface area is 90.6 Å². The quantitative estimate of drug-likeness (QED) is 0.646. The highest BCUT2D eigenvalue weighted by Crippen LogP contribution is 2.17. The van der Waals surface area contributed by atoms with Crippen LogP contribution in [-0.4, -0.2) is 42.5 Å². The number of rotatable bonds is 5. The molecule has 5 nitrogen and oxygen atoms in total. The summed E-state index contributed by atoms with van der Waals surface area (Å²) in [7, 11) is -4.32. The molecule has 0 aromatic heterocycles. The standard InChI is InChI=1S/C9H19NO4S/c11-9(7-15(12,13)14)6-10-8-4-2-1-3-5-8/h8-11H,1-7H2,(H,12,13,14)/p-1. The molecule has 1 saturated carbocycles. The lowest BCUT2D eigenvalue weighted by Crippen LogP contribution is -2.39. The van der Waals surface area contributed by atoms with E-state index in [0.717, 1.165) is 12.8 Å². The third kappa shape index (κ3) is 6.09. The lowest BCUT2D eigenvalue weighted by Gasteiger charge is -2.24. The van der Waals surface area contributed by atoms with Crippen LogP contribution in [0.5, 0.6) is 0 Å². The summed E-state index contributed by atoms with van der Waals surface area (Å²) >= 11 is 0. The number of nitrogens with one attached hydrogen (secondary N) is 1. The van der Waals surface area contributed by atoms with Crippen LogP contribution in [0, 0.1) is 0 Å². The van der Waals surface area contributed by atoms with Gasteiger partial charge in [-0.25, -0.2) is 8.42 Å². The summed E-state index contributed by atoms with van der Waals surface area (Å²) in [6, 6.07) is 0.364. The Morgan fingerprint density at radius 1 is 1.33 bits per heavy atom. The Morgan fingerprint density at radius 3 is 2.47 bits per heavy atom. The zero-order valence-corrected chi connectivity index (χ0v) is 9.50. The van der Waals surface area contributed by atoms with Gasteiger partial charge < -0.3 is 15.0 Å². The summed E-state index contributed by atoms with van der Waals surface area (Å²) in [4.78, 5) is 0. The molecular weight excluding hydrogens is 218 g/mol. The molecule has 0 aliphatic heterocycles. The number of hydrogen-bond acceptors (Lipinski definition) is 5. The van der Waals surface area contributed by atoms with Crippen molar-refractivity contribution >= 4 is 10.1 Å². The van der Waals surface area contributed by atoms with E-state index in [2.05, 4.69) is 5.32 Å². The van der Waals surface area contributed by atoms with E-state index in [1.54, 1.807) is 0 Å². The van der Waals surface area contributed by atoms with Gasteiger partial charge in [-0.05, 0) is 12.8 Å². The Morgan fingerprint density at radius 2 is 1.93 bits per heavy atom. The second-order valence-electron chi connectivity index (χ2n) is 4.12. The van der Waals surface area contributed by atoms with Crippen LogP contribution < -0.4 is 5.32 Å². The van der Waals surface area contributed by atoms with Crippen molar-refractivity contribution in [3.05, 3.63) is 0 Å². The van der Waals surface area contributed by atoms with Gasteiger partial charge in [-0.1, -0.05) is 19.3 Å². The van der Waals surface area contributed by atoms with Gasteiger partial charge in [0.2, 0.25) is 0 Å². The molecule has 1 rings (SSSR count). The Hall–Kier alpha value is -0.170. The molecule has 1 aliphatic rings. The molecule has 1 atom stereocenters. The fourth-order valence-corrected chi connectivity index (χ4v) is 2.49. The summed E-state index contributed by atoms with van der Waals surface area (Å²) in [5.74, 6) is -0.702. The first kappa shape index (κ1) is 12.9. The molecule has 0 saturated heterocycles. The molecule has 1 unspecified atom stereocenters. The van der Waals surface area contributed by atoms with E-state index in [0.29, 0.717) is 6.04 Å². The van der Waals surface area contributed by atoms with Gasteiger partial charge in [0.15, 0.2) is 0 Å². The van der Waals surface area contributed by atoms with Crippen molar-refractivity contribution in [2.24, 2.45) is 0 Å². The highest BCUT2D eigenvalue weighted by molar-refractivity contribution is 7.85. The Bertz CT molecular complexity index is 272. The lowest BCUT2D eigenvalue weighted by molar-refractivity contribution is 0.181. The van der Waals surface area contributed by atoms with Crippen molar-refractivity contribution in [2.45, 2.75) is 44.2 Å². The maximum atomic E-state index is 10.3. The fourth-order valence-electron chi connectivity index (χ4n) is 1.90. The van der Waals surface area contributed by atoms with E-state index < -0.39 is 22.0 Å². The van der Waals surface area contributed by atoms with E-state index in [-0.39, 0.29) is 6.54 Å². The minimum atomic E-state index is -4.32. The summed E-state index contributed by atoms with van der Waals surface area (Å²) in [6.07, 6.45) is 4.64.